The van der Waals surface area contributed by atoms with Crippen LogP contribution in [0, 0.1) is 17.3 Å². The Morgan fingerprint density at radius 2 is 2.00 bits per heavy atom. The number of halogens is 1. The van der Waals surface area contributed by atoms with Gasteiger partial charge in [-0.1, -0.05) is 49.7 Å². The van der Waals surface area contributed by atoms with Crippen LogP contribution in [-0.2, 0) is 9.53 Å². The number of carbonyl (C=O) groups excluding carboxylic acids is 1. The first-order chi connectivity index (χ1) is 8.96. The van der Waals surface area contributed by atoms with Crippen LogP contribution >= 0.6 is 11.6 Å². The first-order valence-corrected chi connectivity index (χ1v) is 6.95. The second-order valence-corrected chi connectivity index (χ2v) is 5.92. The van der Waals surface area contributed by atoms with Crippen LogP contribution in [0.3, 0.4) is 0 Å². The number of esters is 1. The van der Waals surface area contributed by atoms with Crippen molar-refractivity contribution in [2.75, 3.05) is 6.61 Å². The van der Waals surface area contributed by atoms with Crippen molar-refractivity contribution in [3.8, 4) is 0 Å². The van der Waals surface area contributed by atoms with Gasteiger partial charge >= 0.3 is 5.97 Å². The third-order valence-electron chi connectivity index (χ3n) is 3.82. The summed E-state index contributed by atoms with van der Waals surface area (Å²) in [6, 6.07) is 7.66. The highest BCUT2D eigenvalue weighted by Gasteiger charge is 2.61. The van der Waals surface area contributed by atoms with E-state index in [-0.39, 0.29) is 23.2 Å². The molecule has 1 aromatic rings. The fourth-order valence-electron chi connectivity index (χ4n) is 2.51. The van der Waals surface area contributed by atoms with E-state index in [1.807, 2.05) is 37.3 Å². The maximum absolute atomic E-state index is 11.8. The number of allylic oxidation sites excluding steroid dienone is 1. The monoisotopic (exact) mass is 278 g/mol. The van der Waals surface area contributed by atoms with Crippen molar-refractivity contribution in [2.45, 2.75) is 20.8 Å². The van der Waals surface area contributed by atoms with E-state index >= 15 is 0 Å². The minimum atomic E-state index is -0.0849. The lowest BCUT2D eigenvalue weighted by Crippen LogP contribution is -2.10. The largest absolute Gasteiger partial charge is 0.466 e. The van der Waals surface area contributed by atoms with Gasteiger partial charge in [0.25, 0.3) is 0 Å². The standard InChI is InChI=1S/C16H19ClO2/c1-4-19-15(18)14-13(16(14,2)3)10-7-11-5-8-12(17)9-6-11/h5-10,13-14H,4H2,1-3H3/b10-7+. The van der Waals surface area contributed by atoms with Crippen molar-refractivity contribution < 1.29 is 9.53 Å². The number of carbonyl (C=O) groups is 1. The average Bonchev–Trinajstić information content (AvgIpc) is 2.91. The zero-order chi connectivity index (χ0) is 14.0. The molecule has 0 N–H and O–H groups in total. The summed E-state index contributed by atoms with van der Waals surface area (Å²) in [5, 5.41) is 0.730. The molecule has 0 radical (unpaired) electrons. The van der Waals surface area contributed by atoms with Gasteiger partial charge in [-0.25, -0.2) is 0 Å². The highest BCUT2D eigenvalue weighted by Crippen LogP contribution is 2.59. The molecule has 3 heteroatoms. The SMILES string of the molecule is CCOC(=O)C1C(/C=C/c2ccc(Cl)cc2)C1(C)C. The molecule has 0 bridgehead atoms. The van der Waals surface area contributed by atoms with Crippen LogP contribution in [0.5, 0.6) is 0 Å². The highest BCUT2D eigenvalue weighted by molar-refractivity contribution is 6.30. The van der Waals surface area contributed by atoms with Gasteiger partial charge in [-0.2, -0.15) is 0 Å². The molecule has 0 aromatic heterocycles. The van der Waals surface area contributed by atoms with Crippen molar-refractivity contribution in [1.29, 1.82) is 0 Å². The van der Waals surface area contributed by atoms with Gasteiger partial charge in [-0.3, -0.25) is 4.79 Å². The predicted molar refractivity (Wildman–Crippen MR) is 77.9 cm³/mol. The molecule has 2 nitrogen and oxygen atoms in total. The summed E-state index contributed by atoms with van der Waals surface area (Å²) >= 11 is 5.85. The van der Waals surface area contributed by atoms with Crippen LogP contribution < -0.4 is 0 Å². The molecule has 1 aliphatic rings. The molecule has 0 heterocycles. The topological polar surface area (TPSA) is 26.3 Å². The van der Waals surface area contributed by atoms with E-state index in [9.17, 15) is 4.79 Å². The molecule has 0 aliphatic heterocycles. The van der Waals surface area contributed by atoms with Crippen LogP contribution in [0.4, 0.5) is 0 Å². The van der Waals surface area contributed by atoms with E-state index in [4.69, 9.17) is 16.3 Å². The van der Waals surface area contributed by atoms with Gasteiger partial charge in [-0.05, 0) is 36.0 Å². The minimum absolute atomic E-state index is 0.00478. The summed E-state index contributed by atoms with van der Waals surface area (Å²) in [4.78, 5) is 11.8. The summed E-state index contributed by atoms with van der Waals surface area (Å²) in [5.41, 5.74) is 1.09. The fraction of sp³-hybridized carbons (Fsp3) is 0.438. The number of ether oxygens (including phenoxy) is 1. The van der Waals surface area contributed by atoms with E-state index < -0.39 is 0 Å². The Bertz CT molecular complexity index is 488. The number of hydrogen-bond donors (Lipinski definition) is 0. The Morgan fingerprint density at radius 1 is 1.37 bits per heavy atom. The molecule has 0 amide bonds. The summed E-state index contributed by atoms with van der Waals surface area (Å²) in [6.45, 7) is 6.49. The van der Waals surface area contributed by atoms with Gasteiger partial charge < -0.3 is 4.74 Å². The normalized spacial score (nSPS) is 24.4. The van der Waals surface area contributed by atoms with Crippen LogP contribution in [0.2, 0.25) is 5.02 Å². The first-order valence-electron chi connectivity index (χ1n) is 6.57. The molecular formula is C16H19ClO2. The maximum Gasteiger partial charge on any atom is 0.310 e. The van der Waals surface area contributed by atoms with Crippen molar-refractivity contribution in [2.24, 2.45) is 17.3 Å². The van der Waals surface area contributed by atoms with Gasteiger partial charge in [0.15, 0.2) is 0 Å². The second kappa shape index (κ2) is 5.38. The van der Waals surface area contributed by atoms with E-state index in [0.717, 1.165) is 10.6 Å². The molecule has 1 aromatic carbocycles. The fourth-order valence-corrected chi connectivity index (χ4v) is 2.63. The molecular weight excluding hydrogens is 260 g/mol. The average molecular weight is 279 g/mol. The summed E-state index contributed by atoms with van der Waals surface area (Å²) in [7, 11) is 0. The van der Waals surface area contributed by atoms with E-state index in [0.29, 0.717) is 6.61 Å². The molecule has 102 valence electrons. The van der Waals surface area contributed by atoms with Gasteiger partial charge in [0, 0.05) is 5.02 Å². The van der Waals surface area contributed by atoms with Crippen molar-refractivity contribution >= 4 is 23.6 Å². The lowest BCUT2D eigenvalue weighted by atomic mass is 10.1. The third kappa shape index (κ3) is 3.01. The Balaban J connectivity index is 2.03. The van der Waals surface area contributed by atoms with Crippen molar-refractivity contribution in [3.05, 3.63) is 40.9 Å². The molecule has 0 saturated heterocycles. The lowest BCUT2D eigenvalue weighted by molar-refractivity contribution is -0.145. The van der Waals surface area contributed by atoms with Crippen molar-refractivity contribution in [1.82, 2.24) is 0 Å². The smallest absolute Gasteiger partial charge is 0.310 e. The van der Waals surface area contributed by atoms with E-state index in [1.165, 1.54) is 0 Å². The lowest BCUT2D eigenvalue weighted by Gasteiger charge is -2.01. The minimum Gasteiger partial charge on any atom is -0.466 e. The quantitative estimate of drug-likeness (QED) is 0.772. The predicted octanol–water partition coefficient (Wildman–Crippen LogP) is 4.19. The molecule has 2 rings (SSSR count). The van der Waals surface area contributed by atoms with Crippen LogP contribution in [0.15, 0.2) is 30.3 Å². The molecule has 1 aliphatic carbocycles. The van der Waals surface area contributed by atoms with Gasteiger partial charge in [0.1, 0.15) is 0 Å². The molecule has 1 fully saturated rings. The maximum atomic E-state index is 11.8. The van der Waals surface area contributed by atoms with Crippen LogP contribution in [-0.4, -0.2) is 12.6 Å². The van der Waals surface area contributed by atoms with E-state index in [1.54, 1.807) is 0 Å². The Labute approximate surface area is 119 Å². The number of rotatable bonds is 4. The first kappa shape index (κ1) is 14.1. The van der Waals surface area contributed by atoms with Gasteiger partial charge in [-0.15, -0.1) is 0 Å². The zero-order valence-corrected chi connectivity index (χ0v) is 12.3. The van der Waals surface area contributed by atoms with E-state index in [2.05, 4.69) is 19.9 Å². The Morgan fingerprint density at radius 3 is 2.58 bits per heavy atom. The highest BCUT2D eigenvalue weighted by atomic mass is 35.5. The second-order valence-electron chi connectivity index (χ2n) is 5.49. The summed E-state index contributed by atoms with van der Waals surface area (Å²) in [6.07, 6.45) is 4.15. The Hall–Kier alpha value is -1.28. The third-order valence-corrected chi connectivity index (χ3v) is 4.07. The molecule has 2 atom stereocenters. The number of hydrogen-bond acceptors (Lipinski definition) is 2. The van der Waals surface area contributed by atoms with Crippen LogP contribution in [0.25, 0.3) is 6.08 Å². The summed E-state index contributed by atoms with van der Waals surface area (Å²) < 4.78 is 5.11. The zero-order valence-electron chi connectivity index (χ0n) is 11.5. The Kier molecular flexibility index (Phi) is 4.00. The number of benzene rings is 1. The molecule has 1 saturated carbocycles. The van der Waals surface area contributed by atoms with Crippen molar-refractivity contribution in [3.63, 3.8) is 0 Å². The van der Waals surface area contributed by atoms with Gasteiger partial charge in [0.2, 0.25) is 0 Å². The van der Waals surface area contributed by atoms with Gasteiger partial charge in [0.05, 0.1) is 12.5 Å². The summed E-state index contributed by atoms with van der Waals surface area (Å²) in [5.74, 6) is 0.150. The van der Waals surface area contributed by atoms with Crippen LogP contribution in [0.1, 0.15) is 26.3 Å². The molecule has 0 spiro atoms. The molecule has 2 unspecified atom stereocenters. The molecule has 19 heavy (non-hydrogen) atoms.